The zero-order valence-corrected chi connectivity index (χ0v) is 19.6. The number of esters is 1. The molecule has 0 saturated carbocycles. The molecule has 180 valence electrons. The summed E-state index contributed by atoms with van der Waals surface area (Å²) in [6.45, 7) is 10.4. The second kappa shape index (κ2) is 10.3. The molecular weight excluding hydrogens is 412 g/mol. The van der Waals surface area contributed by atoms with Crippen LogP contribution >= 0.6 is 0 Å². The Kier molecular flexibility index (Phi) is 7.98. The highest BCUT2D eigenvalue weighted by Crippen LogP contribution is 2.59. The number of unbranched alkanes of at least 4 members (excludes halogenated alkanes) is 2. The molecule has 3 heterocycles. The van der Waals surface area contributed by atoms with E-state index in [1.165, 1.54) is 4.90 Å². The fourth-order valence-corrected chi connectivity index (χ4v) is 5.86. The van der Waals surface area contributed by atoms with Crippen LogP contribution in [0.5, 0.6) is 0 Å². The number of amides is 2. The molecule has 2 bridgehead atoms. The van der Waals surface area contributed by atoms with Gasteiger partial charge in [0.05, 0.1) is 37.2 Å². The van der Waals surface area contributed by atoms with E-state index in [2.05, 4.69) is 13.5 Å². The zero-order chi connectivity index (χ0) is 23.5. The highest BCUT2D eigenvalue weighted by Gasteiger charge is 2.75. The van der Waals surface area contributed by atoms with Crippen LogP contribution in [0.1, 0.15) is 59.3 Å². The van der Waals surface area contributed by atoms with E-state index in [9.17, 15) is 19.5 Å². The van der Waals surface area contributed by atoms with Crippen LogP contribution in [-0.2, 0) is 23.9 Å². The molecule has 8 heteroatoms. The first kappa shape index (κ1) is 24.7. The number of rotatable bonds is 12. The van der Waals surface area contributed by atoms with Crippen LogP contribution in [0.4, 0.5) is 0 Å². The van der Waals surface area contributed by atoms with Gasteiger partial charge in [0.1, 0.15) is 11.6 Å². The smallest absolute Gasteiger partial charge is 0.312 e. The molecule has 3 aliphatic rings. The number of carbonyl (C=O) groups is 3. The predicted octanol–water partition coefficient (Wildman–Crippen LogP) is 1.90. The van der Waals surface area contributed by atoms with Crippen molar-refractivity contribution in [1.82, 2.24) is 9.80 Å². The average molecular weight is 451 g/mol. The number of nitrogens with zero attached hydrogens (tertiary/aromatic N) is 2. The summed E-state index contributed by atoms with van der Waals surface area (Å²) in [5.74, 6) is -2.37. The lowest BCUT2D eigenvalue weighted by atomic mass is 9.70. The van der Waals surface area contributed by atoms with Gasteiger partial charge in [0.15, 0.2) is 0 Å². The first-order valence-electron chi connectivity index (χ1n) is 12.1. The number of likely N-dealkylation sites (tertiary alicyclic amines) is 1. The molecule has 1 N–H and O–H groups in total. The maximum Gasteiger partial charge on any atom is 0.312 e. The molecule has 3 aliphatic heterocycles. The summed E-state index contributed by atoms with van der Waals surface area (Å²) < 4.78 is 11.7. The standard InChI is InChI=1S/C24H38N2O6/c1-5-9-10-14-25(13-6-2)22(29)20-24-12-11-17(32-24)18(23(30)31-8-4)19(24)21(28)26(20)16(7-3)15-27/h6,16-20,27H,2,5,7-15H2,1,3-4H3/t16-,17+,18-,19-,20+,24-/m0/s1. The average Bonchev–Trinajstić information content (AvgIpc) is 3.42. The molecule has 0 radical (unpaired) electrons. The Hall–Kier alpha value is -1.93. The third-order valence-corrected chi connectivity index (χ3v) is 7.30. The lowest BCUT2D eigenvalue weighted by molar-refractivity contribution is -0.156. The number of hydrogen-bond acceptors (Lipinski definition) is 6. The Morgan fingerprint density at radius 1 is 1.38 bits per heavy atom. The largest absolute Gasteiger partial charge is 0.466 e. The highest BCUT2D eigenvalue weighted by molar-refractivity contribution is 5.98. The minimum absolute atomic E-state index is 0.186. The van der Waals surface area contributed by atoms with Gasteiger partial charge in [0.2, 0.25) is 11.8 Å². The quantitative estimate of drug-likeness (QED) is 0.277. The Morgan fingerprint density at radius 2 is 2.12 bits per heavy atom. The summed E-state index contributed by atoms with van der Waals surface area (Å²) in [7, 11) is 0. The maximum atomic E-state index is 14.0. The molecule has 0 aromatic heterocycles. The monoisotopic (exact) mass is 450 g/mol. The van der Waals surface area contributed by atoms with E-state index in [-0.39, 0.29) is 25.0 Å². The second-order valence-electron chi connectivity index (χ2n) is 9.08. The number of aliphatic hydroxyl groups excluding tert-OH is 1. The number of aliphatic hydroxyl groups is 1. The van der Waals surface area contributed by atoms with Crippen LogP contribution in [0.3, 0.4) is 0 Å². The molecule has 8 nitrogen and oxygen atoms in total. The minimum atomic E-state index is -1.05. The van der Waals surface area contributed by atoms with Crippen molar-refractivity contribution in [2.75, 3.05) is 26.3 Å². The Morgan fingerprint density at radius 3 is 2.72 bits per heavy atom. The normalized spacial score (nSPS) is 31.5. The van der Waals surface area contributed by atoms with E-state index in [0.29, 0.717) is 32.4 Å². The second-order valence-corrected chi connectivity index (χ2v) is 9.08. The molecule has 0 aromatic rings. The van der Waals surface area contributed by atoms with Gasteiger partial charge in [-0.25, -0.2) is 0 Å². The van der Waals surface area contributed by atoms with Crippen LogP contribution in [0.15, 0.2) is 12.7 Å². The van der Waals surface area contributed by atoms with Crippen molar-refractivity contribution in [3.05, 3.63) is 12.7 Å². The molecular formula is C24H38N2O6. The summed E-state index contributed by atoms with van der Waals surface area (Å²) in [6.07, 6.45) is 5.82. The van der Waals surface area contributed by atoms with E-state index >= 15 is 0 Å². The Bertz CT molecular complexity index is 723. The number of ether oxygens (including phenoxy) is 2. The van der Waals surface area contributed by atoms with Gasteiger partial charge in [-0.05, 0) is 32.6 Å². The highest BCUT2D eigenvalue weighted by atomic mass is 16.6. The number of carbonyl (C=O) groups excluding carboxylic acids is 3. The van der Waals surface area contributed by atoms with Crippen LogP contribution in [0, 0.1) is 11.8 Å². The molecule has 3 saturated heterocycles. The van der Waals surface area contributed by atoms with Crippen molar-refractivity contribution >= 4 is 17.8 Å². The van der Waals surface area contributed by atoms with Crippen LogP contribution in [0.2, 0.25) is 0 Å². The Labute approximate surface area is 190 Å². The summed E-state index contributed by atoms with van der Waals surface area (Å²) in [5.41, 5.74) is -1.05. The molecule has 0 unspecified atom stereocenters. The number of hydrogen-bond donors (Lipinski definition) is 1. The fraction of sp³-hybridized carbons (Fsp3) is 0.792. The summed E-state index contributed by atoms with van der Waals surface area (Å²) in [5, 5.41) is 10.0. The lowest BCUT2D eigenvalue weighted by Crippen LogP contribution is -2.58. The fourth-order valence-electron chi connectivity index (χ4n) is 5.86. The van der Waals surface area contributed by atoms with Crippen LogP contribution < -0.4 is 0 Å². The predicted molar refractivity (Wildman–Crippen MR) is 119 cm³/mol. The van der Waals surface area contributed by atoms with Crippen LogP contribution in [0.25, 0.3) is 0 Å². The van der Waals surface area contributed by atoms with Gasteiger partial charge >= 0.3 is 5.97 Å². The summed E-state index contributed by atoms with van der Waals surface area (Å²) >= 11 is 0. The molecule has 0 aliphatic carbocycles. The zero-order valence-electron chi connectivity index (χ0n) is 19.6. The van der Waals surface area contributed by atoms with E-state index in [0.717, 1.165) is 19.3 Å². The molecule has 0 aromatic carbocycles. The van der Waals surface area contributed by atoms with Gasteiger partial charge in [0.25, 0.3) is 0 Å². The lowest BCUT2D eigenvalue weighted by Gasteiger charge is -2.39. The van der Waals surface area contributed by atoms with Crippen molar-refractivity contribution in [2.24, 2.45) is 11.8 Å². The van der Waals surface area contributed by atoms with Crippen molar-refractivity contribution in [1.29, 1.82) is 0 Å². The number of fused-ring (bicyclic) bond motifs is 1. The maximum absolute atomic E-state index is 14.0. The molecule has 3 rings (SSSR count). The van der Waals surface area contributed by atoms with E-state index < -0.39 is 41.6 Å². The van der Waals surface area contributed by atoms with Gasteiger partial charge in [-0.3, -0.25) is 14.4 Å². The molecule has 3 fully saturated rings. The summed E-state index contributed by atoms with van der Waals surface area (Å²) in [4.78, 5) is 43.8. The van der Waals surface area contributed by atoms with E-state index in [4.69, 9.17) is 9.47 Å². The molecule has 2 amide bonds. The SMILES string of the molecule is C=CCN(CCCCC)C(=O)[C@H]1N([C@@H](CC)CO)C(=O)[C@@H]2[C@@H](C(=O)OCC)[C@H]3CC[C@]21O3. The summed E-state index contributed by atoms with van der Waals surface area (Å²) in [6, 6.07) is -1.37. The van der Waals surface area contributed by atoms with Crippen LogP contribution in [-0.4, -0.2) is 82.8 Å². The Balaban J connectivity index is 2.01. The first-order valence-corrected chi connectivity index (χ1v) is 12.1. The van der Waals surface area contributed by atoms with E-state index in [1.54, 1.807) is 17.9 Å². The van der Waals surface area contributed by atoms with Crippen molar-refractivity contribution < 1.29 is 29.0 Å². The van der Waals surface area contributed by atoms with Crippen molar-refractivity contribution in [2.45, 2.75) is 83.1 Å². The first-order chi connectivity index (χ1) is 15.4. The van der Waals surface area contributed by atoms with Gasteiger partial charge in [0, 0.05) is 13.1 Å². The van der Waals surface area contributed by atoms with Crippen molar-refractivity contribution in [3.63, 3.8) is 0 Å². The molecule has 1 spiro atoms. The topological polar surface area (TPSA) is 96.4 Å². The van der Waals surface area contributed by atoms with Gasteiger partial charge in [-0.1, -0.05) is 32.8 Å². The van der Waals surface area contributed by atoms with Gasteiger partial charge < -0.3 is 24.4 Å². The molecule has 32 heavy (non-hydrogen) atoms. The van der Waals surface area contributed by atoms with Gasteiger partial charge in [-0.2, -0.15) is 0 Å². The molecule has 6 atom stereocenters. The van der Waals surface area contributed by atoms with Crippen molar-refractivity contribution in [3.8, 4) is 0 Å². The third kappa shape index (κ3) is 3.96. The van der Waals surface area contributed by atoms with Gasteiger partial charge in [-0.15, -0.1) is 6.58 Å². The minimum Gasteiger partial charge on any atom is -0.466 e. The third-order valence-electron chi connectivity index (χ3n) is 7.30. The van der Waals surface area contributed by atoms with E-state index in [1.807, 2.05) is 6.92 Å².